The van der Waals surface area contributed by atoms with Crippen molar-refractivity contribution in [2.45, 2.75) is 96.8 Å². The highest BCUT2D eigenvalue weighted by Crippen LogP contribution is 2.31. The van der Waals surface area contributed by atoms with Gasteiger partial charge in [-0.3, -0.25) is 9.59 Å². The molecule has 0 N–H and O–H groups in total. The van der Waals surface area contributed by atoms with Gasteiger partial charge in [-0.2, -0.15) is 0 Å². The smallest absolute Gasteiger partial charge is 0.330 e. The fraction of sp³-hybridized carbons (Fsp3) is 0.514. The fourth-order valence-corrected chi connectivity index (χ4v) is 5.18. The summed E-state index contributed by atoms with van der Waals surface area (Å²) in [6.45, 7) is 6.03. The Morgan fingerprint density at radius 2 is 1.12 bits per heavy atom. The van der Waals surface area contributed by atoms with E-state index in [0.717, 1.165) is 38.5 Å². The summed E-state index contributed by atoms with van der Waals surface area (Å²) in [6.07, 6.45) is 14.6. The Kier molecular flexibility index (Phi) is 14.2. The lowest BCUT2D eigenvalue weighted by molar-refractivity contribution is -0.145. The van der Waals surface area contributed by atoms with Gasteiger partial charge in [0.15, 0.2) is 0 Å². The molecule has 0 radical (unpaired) electrons. The molecule has 2 aromatic carbocycles. The SMILES string of the molecule is C=CC(=O)OCCCCCCc1ccc(OC(=O)C2CCC(C(=O)Oc3ccc(CCCCCC)cc3)CC2)cc1. The van der Waals surface area contributed by atoms with Crippen molar-refractivity contribution >= 4 is 17.9 Å². The second-order valence-electron chi connectivity index (χ2n) is 11.0. The summed E-state index contributed by atoms with van der Waals surface area (Å²) >= 11 is 0. The van der Waals surface area contributed by atoms with Gasteiger partial charge in [0, 0.05) is 6.08 Å². The van der Waals surface area contributed by atoms with Gasteiger partial charge in [-0.15, -0.1) is 0 Å². The number of aryl methyl sites for hydroxylation is 2. The third-order valence-corrected chi connectivity index (χ3v) is 7.77. The Balaban J connectivity index is 1.31. The van der Waals surface area contributed by atoms with Crippen molar-refractivity contribution in [2.75, 3.05) is 6.61 Å². The summed E-state index contributed by atoms with van der Waals surface area (Å²) in [5, 5.41) is 0. The molecule has 0 bridgehead atoms. The van der Waals surface area contributed by atoms with E-state index in [9.17, 15) is 14.4 Å². The van der Waals surface area contributed by atoms with E-state index < -0.39 is 0 Å². The van der Waals surface area contributed by atoms with E-state index in [1.807, 2.05) is 48.5 Å². The first-order chi connectivity index (χ1) is 20.0. The quantitative estimate of drug-likeness (QED) is 0.0842. The summed E-state index contributed by atoms with van der Waals surface area (Å²) in [6, 6.07) is 15.6. The molecule has 0 unspecified atom stereocenters. The largest absolute Gasteiger partial charge is 0.463 e. The molecule has 1 saturated carbocycles. The fourth-order valence-electron chi connectivity index (χ4n) is 5.18. The number of benzene rings is 2. The van der Waals surface area contributed by atoms with Crippen LogP contribution in [0.2, 0.25) is 0 Å². The third-order valence-electron chi connectivity index (χ3n) is 7.77. The second kappa shape index (κ2) is 18.1. The van der Waals surface area contributed by atoms with Crippen LogP contribution < -0.4 is 9.47 Å². The zero-order valence-electron chi connectivity index (χ0n) is 24.6. The highest BCUT2D eigenvalue weighted by atomic mass is 16.5. The molecule has 0 spiro atoms. The van der Waals surface area contributed by atoms with Crippen LogP contribution in [-0.2, 0) is 32.0 Å². The van der Waals surface area contributed by atoms with E-state index in [0.29, 0.717) is 43.8 Å². The summed E-state index contributed by atoms with van der Waals surface area (Å²) in [4.78, 5) is 36.5. The molecule has 1 aliphatic carbocycles. The summed E-state index contributed by atoms with van der Waals surface area (Å²) in [5.41, 5.74) is 2.47. The molecular weight excluding hydrogens is 516 g/mol. The maximum atomic E-state index is 12.7. The molecule has 0 aromatic heterocycles. The van der Waals surface area contributed by atoms with Gasteiger partial charge < -0.3 is 14.2 Å². The van der Waals surface area contributed by atoms with Crippen LogP contribution >= 0.6 is 0 Å². The predicted molar refractivity (Wildman–Crippen MR) is 161 cm³/mol. The second-order valence-corrected chi connectivity index (χ2v) is 11.0. The number of unbranched alkanes of at least 4 members (excludes halogenated alkanes) is 6. The van der Waals surface area contributed by atoms with Crippen LogP contribution in [-0.4, -0.2) is 24.5 Å². The molecule has 0 atom stereocenters. The Morgan fingerprint density at radius 3 is 1.56 bits per heavy atom. The standard InChI is InChI=1S/C35H46O6/c1-3-5-6-9-12-27-14-22-31(23-15-27)40-34(37)29-18-20-30(21-19-29)35(38)41-32-24-16-28(17-25-32)13-10-7-8-11-26-39-33(36)4-2/h4,14-17,22-25,29-30H,2-3,5-13,18-21,26H2,1H3. The minimum Gasteiger partial charge on any atom is -0.463 e. The average molecular weight is 563 g/mol. The first kappa shape index (κ1) is 32.1. The molecule has 222 valence electrons. The van der Waals surface area contributed by atoms with E-state index in [1.165, 1.54) is 42.9 Å². The molecule has 0 amide bonds. The molecule has 1 fully saturated rings. The van der Waals surface area contributed by atoms with Crippen molar-refractivity contribution in [1.82, 2.24) is 0 Å². The molecule has 0 heterocycles. The highest BCUT2D eigenvalue weighted by Gasteiger charge is 2.32. The zero-order valence-corrected chi connectivity index (χ0v) is 24.6. The van der Waals surface area contributed by atoms with Gasteiger partial charge >= 0.3 is 17.9 Å². The molecule has 41 heavy (non-hydrogen) atoms. The van der Waals surface area contributed by atoms with Crippen LogP contribution in [0.15, 0.2) is 61.2 Å². The van der Waals surface area contributed by atoms with E-state index >= 15 is 0 Å². The number of carbonyl (C=O) groups excluding carboxylic acids is 3. The van der Waals surface area contributed by atoms with Crippen molar-refractivity contribution in [2.24, 2.45) is 11.8 Å². The first-order valence-corrected chi connectivity index (χ1v) is 15.4. The van der Waals surface area contributed by atoms with Gasteiger partial charge in [-0.05, 0) is 93.2 Å². The van der Waals surface area contributed by atoms with E-state index in [4.69, 9.17) is 14.2 Å². The predicted octanol–water partition coefficient (Wildman–Crippen LogP) is 7.96. The van der Waals surface area contributed by atoms with Crippen molar-refractivity contribution in [3.05, 3.63) is 72.3 Å². The van der Waals surface area contributed by atoms with Crippen molar-refractivity contribution in [3.8, 4) is 11.5 Å². The molecule has 0 aliphatic heterocycles. The maximum absolute atomic E-state index is 12.7. The lowest BCUT2D eigenvalue weighted by atomic mass is 9.82. The lowest BCUT2D eigenvalue weighted by Crippen LogP contribution is -2.30. The Bertz CT molecular complexity index is 1080. The van der Waals surface area contributed by atoms with Gasteiger partial charge in [0.1, 0.15) is 11.5 Å². The number of esters is 3. The van der Waals surface area contributed by atoms with Crippen LogP contribution in [0.1, 0.15) is 95.1 Å². The van der Waals surface area contributed by atoms with E-state index in [2.05, 4.69) is 13.5 Å². The molecular formula is C35H46O6. The molecule has 6 nitrogen and oxygen atoms in total. The van der Waals surface area contributed by atoms with Gasteiger partial charge in [0.25, 0.3) is 0 Å². The van der Waals surface area contributed by atoms with Crippen LogP contribution in [0.4, 0.5) is 0 Å². The summed E-state index contributed by atoms with van der Waals surface area (Å²) in [5.74, 6) is -0.0494. The van der Waals surface area contributed by atoms with Crippen molar-refractivity contribution in [3.63, 3.8) is 0 Å². The molecule has 0 saturated heterocycles. The van der Waals surface area contributed by atoms with Gasteiger partial charge in [-0.25, -0.2) is 4.79 Å². The minimum atomic E-state index is -0.372. The minimum absolute atomic E-state index is 0.186. The van der Waals surface area contributed by atoms with Crippen LogP contribution in [0.25, 0.3) is 0 Å². The molecule has 6 heteroatoms. The molecule has 1 aliphatic rings. The van der Waals surface area contributed by atoms with Gasteiger partial charge in [0.05, 0.1) is 18.4 Å². The van der Waals surface area contributed by atoms with Crippen molar-refractivity contribution in [1.29, 1.82) is 0 Å². The topological polar surface area (TPSA) is 78.9 Å². The van der Waals surface area contributed by atoms with Crippen LogP contribution in [0.3, 0.4) is 0 Å². The zero-order chi connectivity index (χ0) is 29.3. The number of hydrogen-bond acceptors (Lipinski definition) is 6. The highest BCUT2D eigenvalue weighted by molar-refractivity contribution is 5.81. The monoisotopic (exact) mass is 562 g/mol. The Hall–Kier alpha value is -3.41. The Labute approximate surface area is 245 Å². The number of carbonyl (C=O) groups is 3. The number of hydrogen-bond donors (Lipinski definition) is 0. The van der Waals surface area contributed by atoms with Crippen LogP contribution in [0.5, 0.6) is 11.5 Å². The Morgan fingerprint density at radius 1 is 0.683 bits per heavy atom. The average Bonchev–Trinajstić information content (AvgIpc) is 3.00. The van der Waals surface area contributed by atoms with E-state index in [1.54, 1.807) is 0 Å². The normalized spacial score (nSPS) is 16.5. The van der Waals surface area contributed by atoms with Crippen LogP contribution in [0, 0.1) is 11.8 Å². The first-order valence-electron chi connectivity index (χ1n) is 15.4. The molecule has 3 rings (SSSR count). The summed E-state index contributed by atoms with van der Waals surface area (Å²) in [7, 11) is 0. The van der Waals surface area contributed by atoms with Gasteiger partial charge in [-0.1, -0.05) is 69.9 Å². The van der Waals surface area contributed by atoms with Gasteiger partial charge in [0.2, 0.25) is 0 Å². The van der Waals surface area contributed by atoms with Crippen molar-refractivity contribution < 1.29 is 28.6 Å². The maximum Gasteiger partial charge on any atom is 0.330 e. The van der Waals surface area contributed by atoms with E-state index in [-0.39, 0.29) is 29.7 Å². The third kappa shape index (κ3) is 11.9. The summed E-state index contributed by atoms with van der Waals surface area (Å²) < 4.78 is 16.3. The lowest BCUT2D eigenvalue weighted by Gasteiger charge is -2.25. The molecule has 2 aromatic rings. The number of rotatable bonds is 17. The number of ether oxygens (including phenoxy) is 3.